The molecule has 0 aliphatic rings. The lowest BCUT2D eigenvalue weighted by molar-refractivity contribution is -0.166. The molecule has 6 heteroatoms. The molecule has 1 atom stereocenters. The smallest absolute Gasteiger partial charge is 0.306 e. The molecule has 73 heavy (non-hydrogen) atoms. The van der Waals surface area contributed by atoms with Crippen molar-refractivity contribution in [1.82, 2.24) is 0 Å². The highest BCUT2D eigenvalue weighted by molar-refractivity contribution is 5.71. The minimum Gasteiger partial charge on any atom is -0.462 e. The Balaban J connectivity index is 4.68. The highest BCUT2D eigenvalue weighted by Crippen LogP contribution is 2.10. The summed E-state index contributed by atoms with van der Waals surface area (Å²) in [6.07, 6.45) is 87.8. The first-order chi connectivity index (χ1) is 36.0. The van der Waals surface area contributed by atoms with Gasteiger partial charge >= 0.3 is 17.9 Å². The molecule has 0 heterocycles. The van der Waals surface area contributed by atoms with Crippen LogP contribution in [0.1, 0.15) is 213 Å². The molecule has 0 aromatic carbocycles. The number of carbonyl (C=O) groups excluding carboxylic acids is 3. The molecule has 0 radical (unpaired) electrons. The second-order valence-electron chi connectivity index (χ2n) is 18.1. The summed E-state index contributed by atoms with van der Waals surface area (Å²) >= 11 is 0. The maximum atomic E-state index is 12.8. The average Bonchev–Trinajstić information content (AvgIpc) is 3.39. The second kappa shape index (κ2) is 59.3. The van der Waals surface area contributed by atoms with E-state index < -0.39 is 12.1 Å². The van der Waals surface area contributed by atoms with Gasteiger partial charge in [0.15, 0.2) is 6.10 Å². The quantitative estimate of drug-likeness (QED) is 0.0261. The van der Waals surface area contributed by atoms with Gasteiger partial charge in [0.25, 0.3) is 0 Å². The molecule has 0 amide bonds. The molecule has 0 N–H and O–H groups in total. The van der Waals surface area contributed by atoms with E-state index in [0.29, 0.717) is 12.8 Å². The maximum Gasteiger partial charge on any atom is 0.306 e. The van der Waals surface area contributed by atoms with E-state index in [4.69, 9.17) is 14.2 Å². The molecule has 406 valence electrons. The molecular weight excluding hydrogens is 901 g/mol. The molecule has 0 aliphatic carbocycles. The standard InChI is InChI=1S/C67H102O6/c1-4-7-10-13-16-19-22-25-28-31-33-36-38-41-44-47-50-53-56-59-65(68)71-62-64(73-67(70)61-58-55-52-49-46-43-40-35-30-27-24-21-18-15-12-9-6-3)63-72-66(69)60-57-54-51-48-45-42-39-37-34-32-29-26-23-20-17-14-11-8-5-2/h7,10,16-21,25-30,33-34,36-37,40-45,49-50,52-53,64H,4-6,8-9,11-15,22-24,31-32,35,38-39,46-48,51,54-63H2,1-3H3/b10-7-,19-16-,20-17-,21-18-,28-25-,29-26-,30-27-,36-33-,37-34-,43-40-,44-41-,45-42-,52-49-,53-50-/t64-/m1/s1. The second-order valence-corrected chi connectivity index (χ2v) is 18.1. The number of rotatable bonds is 49. The summed E-state index contributed by atoms with van der Waals surface area (Å²) in [7, 11) is 0. The molecule has 0 aliphatic heterocycles. The monoisotopic (exact) mass is 1000 g/mol. The Morgan fingerprint density at radius 1 is 0.288 bits per heavy atom. The van der Waals surface area contributed by atoms with Crippen molar-refractivity contribution in [2.75, 3.05) is 13.2 Å². The lowest BCUT2D eigenvalue weighted by Gasteiger charge is -2.18. The molecule has 0 fully saturated rings. The third-order valence-electron chi connectivity index (χ3n) is 11.2. The summed E-state index contributed by atoms with van der Waals surface area (Å²) < 4.78 is 16.7. The van der Waals surface area contributed by atoms with Crippen LogP contribution in [-0.4, -0.2) is 37.2 Å². The first kappa shape index (κ1) is 67.8. The Morgan fingerprint density at radius 3 is 0.932 bits per heavy atom. The van der Waals surface area contributed by atoms with Crippen LogP contribution >= 0.6 is 0 Å². The molecule has 0 saturated carbocycles. The van der Waals surface area contributed by atoms with Gasteiger partial charge in [-0.2, -0.15) is 0 Å². The van der Waals surface area contributed by atoms with Crippen LogP contribution in [0, 0.1) is 0 Å². The Morgan fingerprint density at radius 2 is 0.575 bits per heavy atom. The summed E-state index contributed by atoms with van der Waals surface area (Å²) in [4.78, 5) is 38.1. The number of hydrogen-bond acceptors (Lipinski definition) is 6. The summed E-state index contributed by atoms with van der Waals surface area (Å²) in [6, 6.07) is 0. The van der Waals surface area contributed by atoms with Gasteiger partial charge in [-0.3, -0.25) is 14.4 Å². The lowest BCUT2D eigenvalue weighted by Crippen LogP contribution is -2.30. The Kier molecular flexibility index (Phi) is 55.1. The van der Waals surface area contributed by atoms with Crippen molar-refractivity contribution in [2.45, 2.75) is 219 Å². The molecule has 0 bridgehead atoms. The lowest BCUT2D eigenvalue weighted by atomic mass is 10.1. The number of unbranched alkanes of at least 4 members (excludes halogenated alkanes) is 10. The normalized spacial score (nSPS) is 13.4. The molecule has 0 rings (SSSR count). The van der Waals surface area contributed by atoms with E-state index in [-0.39, 0.29) is 44.4 Å². The average molecular weight is 1000 g/mol. The number of carbonyl (C=O) groups is 3. The molecule has 0 saturated heterocycles. The van der Waals surface area contributed by atoms with Gasteiger partial charge < -0.3 is 14.2 Å². The minimum absolute atomic E-state index is 0.148. The fraction of sp³-hybridized carbons (Fsp3) is 0.537. The maximum absolute atomic E-state index is 12.8. The predicted molar refractivity (Wildman–Crippen MR) is 315 cm³/mol. The number of hydrogen-bond donors (Lipinski definition) is 0. The van der Waals surface area contributed by atoms with Crippen LogP contribution in [0.5, 0.6) is 0 Å². The topological polar surface area (TPSA) is 78.9 Å². The fourth-order valence-corrected chi connectivity index (χ4v) is 6.91. The molecule has 6 nitrogen and oxygen atoms in total. The van der Waals surface area contributed by atoms with E-state index >= 15 is 0 Å². The summed E-state index contributed by atoms with van der Waals surface area (Å²) in [5.41, 5.74) is 0. The van der Waals surface area contributed by atoms with E-state index in [9.17, 15) is 14.4 Å². The molecule has 0 aromatic heterocycles. The van der Waals surface area contributed by atoms with Crippen molar-refractivity contribution >= 4 is 17.9 Å². The Labute approximate surface area is 447 Å². The third-order valence-corrected chi connectivity index (χ3v) is 11.2. The highest BCUT2D eigenvalue weighted by Gasteiger charge is 2.19. The van der Waals surface area contributed by atoms with Crippen molar-refractivity contribution in [2.24, 2.45) is 0 Å². The van der Waals surface area contributed by atoms with Gasteiger partial charge in [-0.15, -0.1) is 0 Å². The van der Waals surface area contributed by atoms with Gasteiger partial charge in [0.2, 0.25) is 0 Å². The van der Waals surface area contributed by atoms with E-state index in [2.05, 4.69) is 179 Å². The SMILES string of the molecule is CC/C=C\C/C=C\C/C=C\C/C=C\C/C=C\C/C=C\CCC(=O)OC[C@H](COC(=O)CCCCC/C=C\C/C=C\C/C=C\C/C=C\CCCCC)OC(=O)CCC/C=C\C/C=C\C/C=C\C/C=C\CCCCC. The Bertz CT molecular complexity index is 1720. The molecule has 0 aromatic rings. The van der Waals surface area contributed by atoms with E-state index in [1.165, 1.54) is 51.4 Å². The number of ether oxygens (including phenoxy) is 3. The number of esters is 3. The van der Waals surface area contributed by atoms with Crippen LogP contribution in [0.2, 0.25) is 0 Å². The van der Waals surface area contributed by atoms with Crippen LogP contribution in [0.4, 0.5) is 0 Å². The van der Waals surface area contributed by atoms with Gasteiger partial charge in [0.05, 0.1) is 0 Å². The summed E-state index contributed by atoms with van der Waals surface area (Å²) in [5, 5.41) is 0. The van der Waals surface area contributed by atoms with Gasteiger partial charge in [-0.1, -0.05) is 223 Å². The molecule has 0 unspecified atom stereocenters. The largest absolute Gasteiger partial charge is 0.462 e. The summed E-state index contributed by atoms with van der Waals surface area (Å²) in [6.45, 7) is 6.31. The van der Waals surface area contributed by atoms with Crippen molar-refractivity contribution in [3.8, 4) is 0 Å². The van der Waals surface area contributed by atoms with Gasteiger partial charge in [-0.05, 0) is 141 Å². The van der Waals surface area contributed by atoms with Crippen molar-refractivity contribution in [1.29, 1.82) is 0 Å². The van der Waals surface area contributed by atoms with E-state index in [1.54, 1.807) is 0 Å². The third kappa shape index (κ3) is 57.5. The zero-order valence-electron chi connectivity index (χ0n) is 46.3. The molecule has 0 spiro atoms. The van der Waals surface area contributed by atoms with Crippen molar-refractivity contribution in [3.63, 3.8) is 0 Å². The fourth-order valence-electron chi connectivity index (χ4n) is 6.91. The Hall–Kier alpha value is -5.23. The first-order valence-electron chi connectivity index (χ1n) is 28.6. The predicted octanol–water partition coefficient (Wildman–Crippen LogP) is 19.5. The molecular formula is C67H102O6. The highest BCUT2D eigenvalue weighted by atomic mass is 16.6. The zero-order valence-corrected chi connectivity index (χ0v) is 46.3. The van der Waals surface area contributed by atoms with Gasteiger partial charge in [-0.25, -0.2) is 0 Å². The van der Waals surface area contributed by atoms with Crippen molar-refractivity contribution < 1.29 is 28.6 Å². The van der Waals surface area contributed by atoms with Crippen LogP contribution in [-0.2, 0) is 28.6 Å². The minimum atomic E-state index is -0.861. The van der Waals surface area contributed by atoms with E-state index in [1.807, 2.05) is 12.2 Å². The van der Waals surface area contributed by atoms with Crippen LogP contribution < -0.4 is 0 Å². The van der Waals surface area contributed by atoms with Crippen LogP contribution in [0.15, 0.2) is 170 Å². The van der Waals surface area contributed by atoms with Crippen molar-refractivity contribution in [3.05, 3.63) is 170 Å². The number of allylic oxidation sites excluding steroid dienone is 28. The first-order valence-corrected chi connectivity index (χ1v) is 28.6. The summed E-state index contributed by atoms with van der Waals surface area (Å²) in [5.74, 6) is -1.13. The zero-order chi connectivity index (χ0) is 52.9. The van der Waals surface area contributed by atoms with Crippen LogP contribution in [0.3, 0.4) is 0 Å². The van der Waals surface area contributed by atoms with Gasteiger partial charge in [0.1, 0.15) is 13.2 Å². The van der Waals surface area contributed by atoms with E-state index in [0.717, 1.165) is 109 Å². The van der Waals surface area contributed by atoms with Gasteiger partial charge in [0, 0.05) is 19.3 Å². The van der Waals surface area contributed by atoms with Crippen LogP contribution in [0.25, 0.3) is 0 Å².